The number of anilines is 1. The molecule has 2 N–H and O–H groups in total. The van der Waals surface area contributed by atoms with Gasteiger partial charge < -0.3 is 19.8 Å². The summed E-state index contributed by atoms with van der Waals surface area (Å²) in [6.45, 7) is 0. The SMILES string of the molecule is CO/C(=C\C=C\c1cc2cc(Cl)c(Cl)cc2[nH]1)C(=O)Nc1ccc(Oc2ccccn2)nc1.Cl. The molecule has 174 valence electrons. The quantitative estimate of drug-likeness (QED) is 0.162. The van der Waals surface area contributed by atoms with Crippen LogP contribution in [0.4, 0.5) is 5.69 Å². The number of pyridine rings is 2. The van der Waals surface area contributed by atoms with Gasteiger partial charge in [0.1, 0.15) is 0 Å². The maximum atomic E-state index is 12.5. The normalized spacial score (nSPS) is 11.3. The van der Waals surface area contributed by atoms with E-state index in [1.807, 2.05) is 12.1 Å². The molecule has 0 spiro atoms. The van der Waals surface area contributed by atoms with Gasteiger partial charge in [-0.3, -0.25) is 4.79 Å². The van der Waals surface area contributed by atoms with Gasteiger partial charge in [-0.15, -0.1) is 12.4 Å². The fourth-order valence-corrected chi connectivity index (χ4v) is 3.27. The first-order valence-electron chi connectivity index (χ1n) is 9.78. The molecule has 1 aromatic carbocycles. The minimum atomic E-state index is -0.419. The average molecular weight is 518 g/mol. The minimum Gasteiger partial charge on any atom is -0.491 e. The van der Waals surface area contributed by atoms with Gasteiger partial charge in [-0.25, -0.2) is 9.97 Å². The number of ether oxygens (including phenoxy) is 2. The summed E-state index contributed by atoms with van der Waals surface area (Å²) >= 11 is 12.1. The van der Waals surface area contributed by atoms with Crippen molar-refractivity contribution in [3.05, 3.63) is 94.6 Å². The smallest absolute Gasteiger partial charge is 0.290 e. The number of benzene rings is 1. The molecular formula is C24H19Cl3N4O3. The van der Waals surface area contributed by atoms with Gasteiger partial charge in [0, 0.05) is 34.9 Å². The van der Waals surface area contributed by atoms with Crippen molar-refractivity contribution in [1.82, 2.24) is 15.0 Å². The van der Waals surface area contributed by atoms with E-state index in [1.165, 1.54) is 13.3 Å². The lowest BCUT2D eigenvalue weighted by molar-refractivity contribution is -0.115. The van der Waals surface area contributed by atoms with Crippen LogP contribution in [0.15, 0.2) is 78.8 Å². The molecule has 0 atom stereocenters. The number of nitrogens with zero attached hydrogens (tertiary/aromatic N) is 2. The maximum absolute atomic E-state index is 12.5. The summed E-state index contributed by atoms with van der Waals surface area (Å²) in [4.78, 5) is 24.0. The molecule has 0 aliphatic heterocycles. The molecule has 34 heavy (non-hydrogen) atoms. The lowest BCUT2D eigenvalue weighted by atomic mass is 10.2. The summed E-state index contributed by atoms with van der Waals surface area (Å²) in [6, 6.07) is 14.1. The Morgan fingerprint density at radius 3 is 2.56 bits per heavy atom. The van der Waals surface area contributed by atoms with Gasteiger partial charge in [0.25, 0.3) is 5.91 Å². The van der Waals surface area contributed by atoms with Crippen molar-refractivity contribution in [2.24, 2.45) is 0 Å². The van der Waals surface area contributed by atoms with Crippen molar-refractivity contribution in [2.75, 3.05) is 12.4 Å². The van der Waals surface area contributed by atoms with E-state index in [0.29, 0.717) is 27.5 Å². The van der Waals surface area contributed by atoms with Crippen molar-refractivity contribution in [2.45, 2.75) is 0 Å². The number of carbonyl (C=O) groups is 1. The lowest BCUT2D eigenvalue weighted by Gasteiger charge is -2.08. The Kier molecular flexibility index (Phi) is 8.54. The Morgan fingerprint density at radius 2 is 1.85 bits per heavy atom. The lowest BCUT2D eigenvalue weighted by Crippen LogP contribution is -2.15. The maximum Gasteiger partial charge on any atom is 0.290 e. The number of amides is 1. The van der Waals surface area contributed by atoms with E-state index in [4.69, 9.17) is 32.7 Å². The predicted octanol–water partition coefficient (Wildman–Crippen LogP) is 6.66. The van der Waals surface area contributed by atoms with E-state index in [1.54, 1.807) is 60.8 Å². The Balaban J connectivity index is 0.00000324. The molecule has 3 aromatic heterocycles. The Bertz CT molecular complexity index is 1300. The van der Waals surface area contributed by atoms with Gasteiger partial charge in [-0.05, 0) is 42.5 Å². The molecule has 0 aliphatic carbocycles. The van der Waals surface area contributed by atoms with Crippen molar-refractivity contribution in [3.63, 3.8) is 0 Å². The topological polar surface area (TPSA) is 89.1 Å². The first kappa shape index (κ1) is 25.1. The predicted molar refractivity (Wildman–Crippen MR) is 137 cm³/mol. The van der Waals surface area contributed by atoms with E-state index in [0.717, 1.165) is 16.6 Å². The van der Waals surface area contributed by atoms with Crippen LogP contribution in [0.5, 0.6) is 11.8 Å². The zero-order chi connectivity index (χ0) is 23.2. The second-order valence-corrected chi connectivity index (χ2v) is 7.60. The summed E-state index contributed by atoms with van der Waals surface area (Å²) in [7, 11) is 1.42. The van der Waals surface area contributed by atoms with Crippen LogP contribution < -0.4 is 10.1 Å². The zero-order valence-corrected chi connectivity index (χ0v) is 20.1. The van der Waals surface area contributed by atoms with Crippen LogP contribution in [-0.4, -0.2) is 28.0 Å². The number of halogens is 3. The number of nitrogens with one attached hydrogen (secondary N) is 2. The minimum absolute atomic E-state index is 0. The third-order valence-electron chi connectivity index (χ3n) is 4.49. The van der Waals surface area contributed by atoms with Gasteiger partial charge in [0.15, 0.2) is 5.76 Å². The van der Waals surface area contributed by atoms with Crippen molar-refractivity contribution in [1.29, 1.82) is 0 Å². The Morgan fingerprint density at radius 1 is 1.06 bits per heavy atom. The largest absolute Gasteiger partial charge is 0.491 e. The molecule has 0 fully saturated rings. The number of aromatic nitrogens is 3. The molecule has 0 aliphatic rings. The van der Waals surface area contributed by atoms with Crippen LogP contribution in [0.3, 0.4) is 0 Å². The van der Waals surface area contributed by atoms with Crippen LogP contribution in [-0.2, 0) is 9.53 Å². The molecule has 3 heterocycles. The van der Waals surface area contributed by atoms with E-state index in [9.17, 15) is 4.79 Å². The molecule has 0 radical (unpaired) electrons. The summed E-state index contributed by atoms with van der Waals surface area (Å²) in [5, 5.41) is 4.63. The third kappa shape index (κ3) is 6.29. The third-order valence-corrected chi connectivity index (χ3v) is 5.21. The fourth-order valence-electron chi connectivity index (χ4n) is 2.94. The van der Waals surface area contributed by atoms with Crippen LogP contribution in [0.2, 0.25) is 10.0 Å². The van der Waals surface area contributed by atoms with Gasteiger partial charge >= 0.3 is 0 Å². The van der Waals surface area contributed by atoms with Gasteiger partial charge in [0.2, 0.25) is 11.8 Å². The van der Waals surface area contributed by atoms with Crippen LogP contribution in [0.1, 0.15) is 5.69 Å². The van der Waals surface area contributed by atoms with Crippen LogP contribution in [0.25, 0.3) is 17.0 Å². The fraction of sp³-hybridized carbons (Fsp3) is 0.0417. The summed E-state index contributed by atoms with van der Waals surface area (Å²) in [5.74, 6) is 0.497. The number of rotatable bonds is 7. The summed E-state index contributed by atoms with van der Waals surface area (Å²) in [5.41, 5.74) is 2.17. The molecule has 0 saturated heterocycles. The molecule has 7 nitrogen and oxygen atoms in total. The highest BCUT2D eigenvalue weighted by Gasteiger charge is 2.10. The zero-order valence-electron chi connectivity index (χ0n) is 17.8. The number of fused-ring (bicyclic) bond motifs is 1. The molecule has 4 aromatic rings. The van der Waals surface area contributed by atoms with E-state index < -0.39 is 5.91 Å². The van der Waals surface area contributed by atoms with E-state index in [2.05, 4.69) is 20.3 Å². The number of methoxy groups -OCH3 is 1. The molecule has 1 amide bonds. The number of aromatic amines is 1. The van der Waals surface area contributed by atoms with Crippen molar-refractivity contribution < 1.29 is 14.3 Å². The highest BCUT2D eigenvalue weighted by atomic mass is 35.5. The van der Waals surface area contributed by atoms with Gasteiger partial charge in [-0.2, -0.15) is 0 Å². The Labute approximate surface area is 211 Å². The molecule has 0 unspecified atom stereocenters. The summed E-state index contributed by atoms with van der Waals surface area (Å²) in [6.07, 6.45) is 8.18. The summed E-state index contributed by atoms with van der Waals surface area (Å²) < 4.78 is 10.8. The van der Waals surface area contributed by atoms with E-state index in [-0.39, 0.29) is 18.2 Å². The number of allylic oxidation sites excluding steroid dienone is 2. The number of carbonyl (C=O) groups excluding carboxylic acids is 1. The second-order valence-electron chi connectivity index (χ2n) is 6.78. The van der Waals surface area contributed by atoms with Crippen LogP contribution in [0, 0.1) is 0 Å². The first-order chi connectivity index (χ1) is 16.0. The van der Waals surface area contributed by atoms with E-state index >= 15 is 0 Å². The van der Waals surface area contributed by atoms with Crippen molar-refractivity contribution in [3.8, 4) is 11.8 Å². The number of H-pyrrole nitrogens is 1. The monoisotopic (exact) mass is 516 g/mol. The first-order valence-corrected chi connectivity index (χ1v) is 10.5. The molecule has 0 bridgehead atoms. The van der Waals surface area contributed by atoms with Gasteiger partial charge in [0.05, 0.1) is 29.0 Å². The highest BCUT2D eigenvalue weighted by molar-refractivity contribution is 6.42. The molecular weight excluding hydrogens is 499 g/mol. The highest BCUT2D eigenvalue weighted by Crippen LogP contribution is 2.28. The molecule has 10 heteroatoms. The van der Waals surface area contributed by atoms with Crippen LogP contribution >= 0.6 is 35.6 Å². The van der Waals surface area contributed by atoms with Crippen molar-refractivity contribution >= 4 is 64.2 Å². The number of hydrogen-bond donors (Lipinski definition) is 2. The standard InChI is InChI=1S/C24H18Cl2N4O3.ClH/c1-32-21(6-4-5-16-11-15-12-18(25)19(26)13-20(15)29-16)24(31)30-17-8-9-23(28-14-17)33-22-7-2-3-10-27-22;/h2-14,29H,1H3,(H,30,31);1H/b5-4+,21-6-;. The second kappa shape index (κ2) is 11.6. The Hall–Kier alpha value is -3.52. The average Bonchev–Trinajstić information content (AvgIpc) is 3.20. The molecule has 4 rings (SSSR count). The number of hydrogen-bond acceptors (Lipinski definition) is 5. The van der Waals surface area contributed by atoms with Gasteiger partial charge in [-0.1, -0.05) is 35.3 Å². The molecule has 0 saturated carbocycles.